The Kier molecular flexibility index (Phi) is 10.1. The molecule has 0 saturated heterocycles. The number of benzene rings is 3. The molecule has 0 fully saturated rings. The van der Waals surface area contributed by atoms with Gasteiger partial charge in [0.2, 0.25) is 5.91 Å². The summed E-state index contributed by atoms with van der Waals surface area (Å²) in [7, 11) is 0. The summed E-state index contributed by atoms with van der Waals surface area (Å²) in [6.45, 7) is 2.41. The van der Waals surface area contributed by atoms with Crippen LogP contribution in [-0.4, -0.2) is 38.5 Å². The maximum absolute atomic E-state index is 13.0. The maximum Gasteiger partial charge on any atom is 0.339 e. The average Bonchev–Trinajstić information content (AvgIpc) is 3.45. The van der Waals surface area contributed by atoms with Crippen molar-refractivity contribution in [1.82, 2.24) is 15.3 Å². The highest BCUT2D eigenvalue weighted by Crippen LogP contribution is 2.27. The van der Waals surface area contributed by atoms with E-state index in [1.54, 1.807) is 60.8 Å². The van der Waals surface area contributed by atoms with Gasteiger partial charge in [0.05, 0.1) is 29.5 Å². The molecule has 1 aromatic heterocycles. The molecule has 0 aliphatic carbocycles. The maximum atomic E-state index is 13.0. The number of amides is 1. The topological polar surface area (TPSA) is 147 Å². The number of halogens is 1. The number of aromatic amines is 1. The molecule has 10 nitrogen and oxygen atoms in total. The Bertz CT molecular complexity index is 1580. The number of unbranched alkanes of at least 4 members (excludes halogenated alkanes) is 1. The van der Waals surface area contributed by atoms with Gasteiger partial charge in [-0.1, -0.05) is 43.1 Å². The summed E-state index contributed by atoms with van der Waals surface area (Å²) in [4.78, 5) is 43.2. The molecule has 3 N–H and O–H groups in total. The van der Waals surface area contributed by atoms with E-state index >= 15 is 0 Å². The van der Waals surface area contributed by atoms with Crippen molar-refractivity contribution in [2.24, 2.45) is 0 Å². The normalized spacial score (nSPS) is 11.8. The van der Waals surface area contributed by atoms with Crippen LogP contribution < -0.4 is 10.1 Å². The van der Waals surface area contributed by atoms with Crippen molar-refractivity contribution in [2.45, 2.75) is 32.2 Å². The molecule has 0 aliphatic heterocycles. The van der Waals surface area contributed by atoms with Crippen LogP contribution in [-0.2, 0) is 11.2 Å². The van der Waals surface area contributed by atoms with Crippen molar-refractivity contribution < 1.29 is 24.4 Å². The summed E-state index contributed by atoms with van der Waals surface area (Å²) in [6.07, 6.45) is 6.54. The van der Waals surface area contributed by atoms with E-state index in [-0.39, 0.29) is 23.4 Å². The van der Waals surface area contributed by atoms with Gasteiger partial charge < -0.3 is 20.1 Å². The second-order valence-corrected chi connectivity index (χ2v) is 9.90. The smallest absolute Gasteiger partial charge is 0.339 e. The lowest BCUT2D eigenvalue weighted by molar-refractivity contribution is -0.384. The number of carboxylic acid groups (broad SMARTS) is 1. The van der Waals surface area contributed by atoms with E-state index in [1.807, 2.05) is 6.92 Å². The van der Waals surface area contributed by atoms with Crippen molar-refractivity contribution in [3.63, 3.8) is 0 Å². The fourth-order valence-electron chi connectivity index (χ4n) is 4.17. The Morgan fingerprint density at radius 2 is 1.88 bits per heavy atom. The number of nitro benzene ring substituents is 1. The highest BCUT2D eigenvalue weighted by molar-refractivity contribution is 6.30. The van der Waals surface area contributed by atoms with Crippen LogP contribution in [0.1, 0.15) is 53.1 Å². The Hall–Kier alpha value is -4.96. The molecular formula is C31H29ClN4O6. The van der Waals surface area contributed by atoms with Gasteiger partial charge in [0.15, 0.2) is 0 Å². The molecular weight excluding hydrogens is 560 g/mol. The number of hydrogen-bond donors (Lipinski definition) is 3. The number of aromatic carboxylic acids is 1. The second-order valence-electron chi connectivity index (χ2n) is 9.46. The summed E-state index contributed by atoms with van der Waals surface area (Å²) in [6, 6.07) is 17.2. The fourth-order valence-corrected chi connectivity index (χ4v) is 4.30. The first-order valence-corrected chi connectivity index (χ1v) is 13.6. The number of imidazole rings is 1. The standard InChI is InChI=1S/C31H29ClN4O6/c1-2-3-16-42-28-14-9-22(17-25(28)31(38)39)26(35-30(37)15-6-20-4-10-23(32)11-5-20)18-29-33-19-27(34-29)21-7-12-24(13-8-21)36(40)41/h4-15,17,19,26H,2-3,16,18H2,1H3,(H,33,34)(H,35,37)(H,38,39)/b15-6+. The van der Waals surface area contributed by atoms with Crippen molar-refractivity contribution in [3.05, 3.63) is 117 Å². The van der Waals surface area contributed by atoms with Gasteiger partial charge >= 0.3 is 5.97 Å². The van der Waals surface area contributed by atoms with Gasteiger partial charge in [0, 0.05) is 35.2 Å². The molecule has 3 aromatic carbocycles. The minimum Gasteiger partial charge on any atom is -0.493 e. The van der Waals surface area contributed by atoms with E-state index in [0.717, 1.165) is 18.4 Å². The Morgan fingerprint density at radius 3 is 2.55 bits per heavy atom. The summed E-state index contributed by atoms with van der Waals surface area (Å²) in [5.41, 5.74) is 2.64. The van der Waals surface area contributed by atoms with Gasteiger partial charge in [-0.25, -0.2) is 9.78 Å². The van der Waals surface area contributed by atoms with Crippen LogP contribution in [0.5, 0.6) is 5.75 Å². The van der Waals surface area contributed by atoms with Crippen molar-refractivity contribution in [2.75, 3.05) is 6.61 Å². The number of aromatic nitrogens is 2. The molecule has 1 heterocycles. The lowest BCUT2D eigenvalue weighted by atomic mass is 10.00. The molecule has 1 unspecified atom stereocenters. The first-order valence-electron chi connectivity index (χ1n) is 13.3. The molecule has 0 bridgehead atoms. The van der Waals surface area contributed by atoms with Crippen molar-refractivity contribution in [3.8, 4) is 17.0 Å². The van der Waals surface area contributed by atoms with Gasteiger partial charge in [0.25, 0.3) is 5.69 Å². The molecule has 4 aromatic rings. The lowest BCUT2D eigenvalue weighted by Crippen LogP contribution is -2.29. The zero-order chi connectivity index (χ0) is 30.1. The van der Waals surface area contributed by atoms with Crippen LogP contribution in [0.25, 0.3) is 17.3 Å². The van der Waals surface area contributed by atoms with Gasteiger partial charge in [-0.05, 0) is 60.0 Å². The van der Waals surface area contributed by atoms with Crippen LogP contribution in [0, 0.1) is 10.1 Å². The second kappa shape index (κ2) is 14.1. The van der Waals surface area contributed by atoms with Crippen LogP contribution in [0.15, 0.2) is 79.0 Å². The first kappa shape index (κ1) is 30.0. The number of non-ortho nitro benzene ring substituents is 1. The molecule has 0 radical (unpaired) electrons. The number of carbonyl (C=O) groups excluding carboxylic acids is 1. The number of rotatable bonds is 13. The number of hydrogen-bond acceptors (Lipinski definition) is 6. The third-order valence-electron chi connectivity index (χ3n) is 6.42. The minimum absolute atomic E-state index is 0.00873. The van der Waals surface area contributed by atoms with E-state index in [4.69, 9.17) is 16.3 Å². The highest BCUT2D eigenvalue weighted by atomic mass is 35.5. The van der Waals surface area contributed by atoms with E-state index in [2.05, 4.69) is 15.3 Å². The van der Waals surface area contributed by atoms with Crippen LogP contribution in [0.3, 0.4) is 0 Å². The Labute approximate surface area is 247 Å². The number of H-pyrrole nitrogens is 1. The molecule has 1 atom stereocenters. The summed E-state index contributed by atoms with van der Waals surface area (Å²) in [5, 5.41) is 24.4. The van der Waals surface area contributed by atoms with E-state index in [0.29, 0.717) is 34.3 Å². The van der Waals surface area contributed by atoms with E-state index < -0.39 is 22.8 Å². The van der Waals surface area contributed by atoms with Gasteiger partial charge in [-0.15, -0.1) is 0 Å². The number of nitrogens with one attached hydrogen (secondary N) is 2. The Morgan fingerprint density at radius 1 is 1.14 bits per heavy atom. The van der Waals surface area contributed by atoms with E-state index in [1.165, 1.54) is 24.3 Å². The molecule has 42 heavy (non-hydrogen) atoms. The molecule has 4 rings (SSSR count). The fraction of sp³-hybridized carbons (Fsp3) is 0.194. The third kappa shape index (κ3) is 8.05. The molecule has 216 valence electrons. The van der Waals surface area contributed by atoms with Gasteiger partial charge in [0.1, 0.15) is 17.1 Å². The van der Waals surface area contributed by atoms with Crippen LogP contribution in [0.4, 0.5) is 5.69 Å². The quantitative estimate of drug-likeness (QED) is 0.0687. The van der Waals surface area contributed by atoms with Crippen LogP contribution in [0.2, 0.25) is 5.02 Å². The molecule has 0 spiro atoms. The summed E-state index contributed by atoms with van der Waals surface area (Å²) < 4.78 is 5.69. The Balaban J connectivity index is 1.60. The molecule has 0 saturated carbocycles. The SMILES string of the molecule is CCCCOc1ccc(C(Cc2ncc(-c3ccc([N+](=O)[O-])cc3)[nH]2)NC(=O)/C=C/c2ccc(Cl)cc2)cc1C(=O)O. The zero-order valence-electron chi connectivity index (χ0n) is 22.7. The van der Waals surface area contributed by atoms with E-state index in [9.17, 15) is 24.8 Å². The van der Waals surface area contributed by atoms with Crippen molar-refractivity contribution in [1.29, 1.82) is 0 Å². The monoisotopic (exact) mass is 588 g/mol. The predicted octanol–water partition coefficient (Wildman–Crippen LogP) is 6.63. The minimum atomic E-state index is -1.14. The number of carbonyl (C=O) groups is 2. The predicted molar refractivity (Wildman–Crippen MR) is 160 cm³/mol. The number of carboxylic acids is 1. The number of nitrogens with zero attached hydrogens (tertiary/aromatic N) is 2. The summed E-state index contributed by atoms with van der Waals surface area (Å²) in [5.74, 6) is -0.756. The summed E-state index contributed by atoms with van der Waals surface area (Å²) >= 11 is 5.94. The van der Waals surface area contributed by atoms with Crippen LogP contribution >= 0.6 is 11.6 Å². The van der Waals surface area contributed by atoms with Crippen molar-refractivity contribution >= 4 is 35.2 Å². The largest absolute Gasteiger partial charge is 0.493 e. The first-order chi connectivity index (χ1) is 20.2. The molecule has 1 amide bonds. The van der Waals surface area contributed by atoms with Gasteiger partial charge in [-0.3, -0.25) is 14.9 Å². The lowest BCUT2D eigenvalue weighted by Gasteiger charge is -2.19. The molecule has 11 heteroatoms. The van der Waals surface area contributed by atoms with Gasteiger partial charge in [-0.2, -0.15) is 0 Å². The number of ether oxygens (including phenoxy) is 1. The number of nitro groups is 1. The zero-order valence-corrected chi connectivity index (χ0v) is 23.5. The molecule has 0 aliphatic rings. The average molecular weight is 589 g/mol. The third-order valence-corrected chi connectivity index (χ3v) is 6.67. The highest BCUT2D eigenvalue weighted by Gasteiger charge is 2.21.